The molecule has 1 rings (SSSR count). The second-order valence-electron chi connectivity index (χ2n) is 2.87. The van der Waals surface area contributed by atoms with Crippen molar-refractivity contribution >= 4 is 17.3 Å². The van der Waals surface area contributed by atoms with E-state index >= 15 is 0 Å². The minimum Gasteiger partial charge on any atom is -0.474 e. The maximum absolute atomic E-state index is 10.7. The summed E-state index contributed by atoms with van der Waals surface area (Å²) >= 11 is 0. The van der Waals surface area contributed by atoms with Gasteiger partial charge in [-0.2, -0.15) is 0 Å². The highest BCUT2D eigenvalue weighted by Gasteiger charge is 2.04. The van der Waals surface area contributed by atoms with Gasteiger partial charge in [-0.3, -0.25) is 4.79 Å². The van der Waals surface area contributed by atoms with Gasteiger partial charge in [0, 0.05) is 6.92 Å². The monoisotopic (exact) mass is 211 g/mol. The Hall–Kier alpha value is -1.82. The number of carbonyl (C=O) groups is 1. The maximum Gasteiger partial charge on any atom is 0.237 e. The number of rotatable bonds is 4. The number of anilines is 2. The van der Waals surface area contributed by atoms with Crippen molar-refractivity contribution in [2.24, 2.45) is 0 Å². The lowest BCUT2D eigenvalue weighted by Gasteiger charge is -2.08. The standard InChI is InChI=1S/C9H13N3O3/c1-6(14)12-7-4-8(10)9(11-5-7)15-3-2-13/h4-5,13H,2-3,10H2,1H3,(H,12,14). The first kappa shape index (κ1) is 11.3. The molecule has 82 valence electrons. The highest BCUT2D eigenvalue weighted by molar-refractivity contribution is 5.89. The summed E-state index contributed by atoms with van der Waals surface area (Å²) in [6.45, 7) is 1.43. The van der Waals surface area contributed by atoms with E-state index in [0.717, 1.165) is 0 Å². The van der Waals surface area contributed by atoms with Crippen molar-refractivity contribution in [3.63, 3.8) is 0 Å². The highest BCUT2D eigenvalue weighted by atomic mass is 16.5. The molecule has 0 aliphatic heterocycles. The van der Waals surface area contributed by atoms with Gasteiger partial charge in [0.15, 0.2) is 0 Å². The van der Waals surface area contributed by atoms with E-state index in [1.54, 1.807) is 6.07 Å². The normalized spacial score (nSPS) is 9.73. The molecule has 1 aromatic rings. The number of pyridine rings is 1. The van der Waals surface area contributed by atoms with E-state index in [-0.39, 0.29) is 25.0 Å². The van der Waals surface area contributed by atoms with E-state index in [0.29, 0.717) is 11.4 Å². The number of nitrogens with one attached hydrogen (secondary N) is 1. The van der Waals surface area contributed by atoms with Gasteiger partial charge in [0.05, 0.1) is 24.2 Å². The molecule has 0 saturated heterocycles. The zero-order valence-electron chi connectivity index (χ0n) is 8.36. The highest BCUT2D eigenvalue weighted by Crippen LogP contribution is 2.21. The Bertz CT molecular complexity index is 354. The minimum atomic E-state index is -0.194. The predicted molar refractivity (Wildman–Crippen MR) is 55.5 cm³/mol. The summed E-state index contributed by atoms with van der Waals surface area (Å²) in [4.78, 5) is 14.6. The Morgan fingerprint density at radius 2 is 2.47 bits per heavy atom. The van der Waals surface area contributed by atoms with Gasteiger partial charge in [-0.1, -0.05) is 0 Å². The van der Waals surface area contributed by atoms with Gasteiger partial charge in [-0.15, -0.1) is 0 Å². The zero-order chi connectivity index (χ0) is 11.3. The van der Waals surface area contributed by atoms with Crippen LogP contribution in [-0.4, -0.2) is 29.2 Å². The van der Waals surface area contributed by atoms with Crippen LogP contribution in [0.25, 0.3) is 0 Å². The molecule has 1 aromatic heterocycles. The van der Waals surface area contributed by atoms with E-state index in [1.165, 1.54) is 13.1 Å². The second kappa shape index (κ2) is 5.16. The Balaban J connectivity index is 2.74. The summed E-state index contributed by atoms with van der Waals surface area (Å²) in [6.07, 6.45) is 1.43. The van der Waals surface area contributed by atoms with Crippen molar-refractivity contribution < 1.29 is 14.6 Å². The molecule has 1 heterocycles. The number of hydrogen-bond acceptors (Lipinski definition) is 5. The van der Waals surface area contributed by atoms with Gasteiger partial charge in [-0.25, -0.2) is 4.98 Å². The number of nitrogens with zero attached hydrogens (tertiary/aromatic N) is 1. The fraction of sp³-hybridized carbons (Fsp3) is 0.333. The molecular formula is C9H13N3O3. The molecule has 15 heavy (non-hydrogen) atoms. The first-order valence-corrected chi connectivity index (χ1v) is 4.40. The molecule has 0 aliphatic carbocycles. The van der Waals surface area contributed by atoms with E-state index in [1.807, 2.05) is 0 Å². The largest absolute Gasteiger partial charge is 0.474 e. The zero-order valence-corrected chi connectivity index (χ0v) is 8.36. The maximum atomic E-state index is 10.7. The molecule has 4 N–H and O–H groups in total. The number of carbonyl (C=O) groups excluding carboxylic acids is 1. The summed E-state index contributed by atoms with van der Waals surface area (Å²) in [5.41, 5.74) is 6.44. The van der Waals surface area contributed by atoms with Gasteiger partial charge in [0.2, 0.25) is 11.8 Å². The van der Waals surface area contributed by atoms with Gasteiger partial charge >= 0.3 is 0 Å². The van der Waals surface area contributed by atoms with Crippen LogP contribution in [0.1, 0.15) is 6.92 Å². The smallest absolute Gasteiger partial charge is 0.237 e. The van der Waals surface area contributed by atoms with E-state index in [4.69, 9.17) is 15.6 Å². The lowest BCUT2D eigenvalue weighted by Crippen LogP contribution is -2.09. The third-order valence-electron chi connectivity index (χ3n) is 1.53. The third kappa shape index (κ3) is 3.43. The Kier molecular flexibility index (Phi) is 3.87. The molecule has 0 unspecified atom stereocenters. The molecule has 0 spiro atoms. The van der Waals surface area contributed by atoms with Gasteiger partial charge < -0.3 is 20.9 Å². The minimum absolute atomic E-state index is 0.103. The van der Waals surface area contributed by atoms with Crippen molar-refractivity contribution in [3.05, 3.63) is 12.3 Å². The van der Waals surface area contributed by atoms with Crippen LogP contribution >= 0.6 is 0 Å². The van der Waals surface area contributed by atoms with E-state index < -0.39 is 0 Å². The molecule has 0 aliphatic rings. The number of aromatic nitrogens is 1. The molecule has 0 aromatic carbocycles. The van der Waals surface area contributed by atoms with Crippen LogP contribution in [0.15, 0.2) is 12.3 Å². The van der Waals surface area contributed by atoms with Crippen molar-refractivity contribution in [1.82, 2.24) is 4.98 Å². The second-order valence-corrected chi connectivity index (χ2v) is 2.87. The van der Waals surface area contributed by atoms with Crippen molar-refractivity contribution in [3.8, 4) is 5.88 Å². The molecule has 6 nitrogen and oxygen atoms in total. The lowest BCUT2D eigenvalue weighted by molar-refractivity contribution is -0.114. The van der Waals surface area contributed by atoms with Crippen LogP contribution in [0.3, 0.4) is 0 Å². The predicted octanol–water partition coefficient (Wildman–Crippen LogP) is -0.00670. The number of amides is 1. The first-order valence-electron chi connectivity index (χ1n) is 4.40. The van der Waals surface area contributed by atoms with Crippen LogP contribution in [0.4, 0.5) is 11.4 Å². The Morgan fingerprint density at radius 1 is 1.73 bits per heavy atom. The Labute approximate surface area is 87.1 Å². The first-order chi connectivity index (χ1) is 7.13. The number of nitrogens with two attached hydrogens (primary N) is 1. The SMILES string of the molecule is CC(=O)Nc1cnc(OCCO)c(N)c1. The van der Waals surface area contributed by atoms with Gasteiger partial charge in [0.25, 0.3) is 0 Å². The van der Waals surface area contributed by atoms with Crippen molar-refractivity contribution in [2.45, 2.75) is 6.92 Å². The average Bonchev–Trinajstić information content (AvgIpc) is 2.15. The molecule has 6 heteroatoms. The summed E-state index contributed by atoms with van der Waals surface area (Å²) < 4.78 is 5.05. The molecule has 0 fully saturated rings. The van der Waals surface area contributed by atoms with Crippen LogP contribution < -0.4 is 15.8 Å². The van der Waals surface area contributed by atoms with Crippen LogP contribution in [-0.2, 0) is 4.79 Å². The third-order valence-corrected chi connectivity index (χ3v) is 1.53. The van der Waals surface area contributed by atoms with Crippen molar-refractivity contribution in [1.29, 1.82) is 0 Å². The van der Waals surface area contributed by atoms with E-state index in [9.17, 15) is 4.79 Å². The lowest BCUT2D eigenvalue weighted by atomic mass is 10.3. The molecular weight excluding hydrogens is 198 g/mol. The molecule has 0 bridgehead atoms. The number of aliphatic hydroxyl groups excluding tert-OH is 1. The van der Waals surface area contributed by atoms with E-state index in [2.05, 4.69) is 10.3 Å². The average molecular weight is 211 g/mol. The van der Waals surface area contributed by atoms with Crippen LogP contribution in [0, 0.1) is 0 Å². The van der Waals surface area contributed by atoms with Gasteiger partial charge in [-0.05, 0) is 6.07 Å². The summed E-state index contributed by atoms with van der Waals surface area (Å²) in [7, 11) is 0. The molecule has 1 amide bonds. The molecule has 0 radical (unpaired) electrons. The summed E-state index contributed by atoms with van der Waals surface area (Å²) in [5.74, 6) is 0.0541. The van der Waals surface area contributed by atoms with Crippen LogP contribution in [0.5, 0.6) is 5.88 Å². The summed E-state index contributed by atoms with van der Waals surface area (Å²) in [6, 6.07) is 1.54. The number of aliphatic hydroxyl groups is 1. The summed E-state index contributed by atoms with van der Waals surface area (Å²) in [5, 5.41) is 11.1. The number of ether oxygens (including phenoxy) is 1. The fourth-order valence-electron chi connectivity index (χ4n) is 1.00. The van der Waals surface area contributed by atoms with Gasteiger partial charge in [0.1, 0.15) is 6.61 Å². The van der Waals surface area contributed by atoms with Crippen LogP contribution in [0.2, 0.25) is 0 Å². The quantitative estimate of drug-likeness (QED) is 0.651. The fourth-order valence-corrected chi connectivity index (χ4v) is 1.00. The topological polar surface area (TPSA) is 97.5 Å². The number of hydrogen-bond donors (Lipinski definition) is 3. The number of nitrogen functional groups attached to an aromatic ring is 1. The molecule has 0 atom stereocenters. The Morgan fingerprint density at radius 3 is 3.00 bits per heavy atom. The van der Waals surface area contributed by atoms with Crippen molar-refractivity contribution in [2.75, 3.05) is 24.3 Å². The molecule has 0 saturated carbocycles.